The van der Waals surface area contributed by atoms with Crippen molar-refractivity contribution in [3.8, 4) is 0 Å². The van der Waals surface area contributed by atoms with Gasteiger partial charge in [-0.3, -0.25) is 0 Å². The summed E-state index contributed by atoms with van der Waals surface area (Å²) in [4.78, 5) is 10.0. The fourth-order valence-electron chi connectivity index (χ4n) is 1.62. The van der Waals surface area contributed by atoms with E-state index in [1.807, 2.05) is 37.4 Å². The summed E-state index contributed by atoms with van der Waals surface area (Å²) in [6, 6.07) is 9.75. The summed E-state index contributed by atoms with van der Waals surface area (Å²) in [5.41, 5.74) is 7.97. The first-order chi connectivity index (χ1) is 9.10. The molecule has 0 fully saturated rings. The number of anilines is 2. The molecular weight excluding hydrogens is 276 g/mol. The Morgan fingerprint density at radius 2 is 2.05 bits per heavy atom. The SMILES string of the molecule is CSc1ccccc1Nc1nc(C)cc(C(N)=S)n1. The van der Waals surface area contributed by atoms with Gasteiger partial charge in [0, 0.05) is 10.6 Å². The number of nitrogens with two attached hydrogens (primary N) is 1. The fraction of sp³-hybridized carbons (Fsp3) is 0.154. The van der Waals surface area contributed by atoms with Crippen LogP contribution in [0.4, 0.5) is 11.6 Å². The van der Waals surface area contributed by atoms with Gasteiger partial charge >= 0.3 is 0 Å². The first-order valence-electron chi connectivity index (χ1n) is 5.65. The molecule has 4 nitrogen and oxygen atoms in total. The lowest BCUT2D eigenvalue weighted by Crippen LogP contribution is -2.13. The van der Waals surface area contributed by atoms with Crippen molar-refractivity contribution >= 4 is 40.6 Å². The van der Waals surface area contributed by atoms with Crippen LogP contribution in [0.5, 0.6) is 0 Å². The average molecular weight is 290 g/mol. The second kappa shape index (κ2) is 5.99. The zero-order valence-electron chi connectivity index (χ0n) is 10.7. The summed E-state index contributed by atoms with van der Waals surface area (Å²) in [6.07, 6.45) is 2.03. The number of benzene rings is 1. The summed E-state index contributed by atoms with van der Waals surface area (Å²) >= 11 is 6.61. The maximum Gasteiger partial charge on any atom is 0.228 e. The van der Waals surface area contributed by atoms with E-state index in [0.29, 0.717) is 11.6 Å². The van der Waals surface area contributed by atoms with E-state index in [-0.39, 0.29) is 4.99 Å². The molecule has 0 aliphatic heterocycles. The maximum absolute atomic E-state index is 5.61. The summed E-state index contributed by atoms with van der Waals surface area (Å²) in [5, 5.41) is 3.20. The predicted octanol–water partition coefficient (Wildman–Crippen LogP) is 2.88. The fourth-order valence-corrected chi connectivity index (χ4v) is 2.28. The highest BCUT2D eigenvalue weighted by Crippen LogP contribution is 2.26. The van der Waals surface area contributed by atoms with Gasteiger partial charge in [0.1, 0.15) is 10.7 Å². The summed E-state index contributed by atoms with van der Waals surface area (Å²) in [5.74, 6) is 0.504. The number of para-hydroxylation sites is 1. The van der Waals surface area contributed by atoms with Crippen molar-refractivity contribution in [2.75, 3.05) is 11.6 Å². The molecule has 2 aromatic rings. The number of thiocarbonyl (C=S) groups is 1. The number of aromatic nitrogens is 2. The van der Waals surface area contributed by atoms with Crippen LogP contribution < -0.4 is 11.1 Å². The van der Waals surface area contributed by atoms with Gasteiger partial charge in [-0.25, -0.2) is 9.97 Å². The van der Waals surface area contributed by atoms with Gasteiger partial charge in [0.25, 0.3) is 0 Å². The second-order valence-electron chi connectivity index (χ2n) is 3.91. The Labute approximate surface area is 121 Å². The highest BCUT2D eigenvalue weighted by Gasteiger charge is 2.06. The van der Waals surface area contributed by atoms with Gasteiger partial charge in [-0.15, -0.1) is 11.8 Å². The van der Waals surface area contributed by atoms with Crippen LogP contribution in [-0.2, 0) is 0 Å². The minimum absolute atomic E-state index is 0.270. The quantitative estimate of drug-likeness (QED) is 0.667. The third kappa shape index (κ3) is 3.42. The number of thioether (sulfide) groups is 1. The van der Waals surface area contributed by atoms with E-state index >= 15 is 0 Å². The molecule has 0 spiro atoms. The Bertz CT molecular complexity index is 613. The molecule has 0 amide bonds. The van der Waals surface area contributed by atoms with Crippen molar-refractivity contribution in [3.05, 3.63) is 41.7 Å². The molecular formula is C13H14N4S2. The average Bonchev–Trinajstić information content (AvgIpc) is 2.38. The molecule has 0 saturated carbocycles. The Morgan fingerprint density at radius 1 is 1.32 bits per heavy atom. The van der Waals surface area contributed by atoms with Crippen molar-refractivity contribution in [3.63, 3.8) is 0 Å². The van der Waals surface area contributed by atoms with Gasteiger partial charge in [0.05, 0.1) is 5.69 Å². The van der Waals surface area contributed by atoms with Crippen molar-refractivity contribution in [2.45, 2.75) is 11.8 Å². The molecule has 3 N–H and O–H groups in total. The Hall–Kier alpha value is -1.66. The van der Waals surface area contributed by atoms with Gasteiger partial charge in [-0.2, -0.15) is 0 Å². The van der Waals surface area contributed by atoms with Crippen molar-refractivity contribution in [1.29, 1.82) is 0 Å². The van der Waals surface area contributed by atoms with E-state index in [0.717, 1.165) is 16.3 Å². The van der Waals surface area contributed by atoms with Gasteiger partial charge in [0.2, 0.25) is 5.95 Å². The topological polar surface area (TPSA) is 63.8 Å². The van der Waals surface area contributed by atoms with E-state index < -0.39 is 0 Å². The van der Waals surface area contributed by atoms with Crippen LogP contribution in [-0.4, -0.2) is 21.2 Å². The van der Waals surface area contributed by atoms with Crippen LogP contribution in [0, 0.1) is 6.92 Å². The summed E-state index contributed by atoms with van der Waals surface area (Å²) in [7, 11) is 0. The van der Waals surface area contributed by atoms with E-state index in [4.69, 9.17) is 18.0 Å². The number of hydrogen-bond acceptors (Lipinski definition) is 5. The molecule has 2 rings (SSSR count). The molecule has 0 radical (unpaired) electrons. The molecule has 98 valence electrons. The van der Waals surface area contributed by atoms with Crippen LogP contribution in [0.3, 0.4) is 0 Å². The lowest BCUT2D eigenvalue weighted by atomic mass is 10.3. The van der Waals surface area contributed by atoms with Gasteiger partial charge in [-0.05, 0) is 31.4 Å². The molecule has 0 aliphatic carbocycles. The minimum atomic E-state index is 0.270. The van der Waals surface area contributed by atoms with E-state index in [2.05, 4.69) is 15.3 Å². The van der Waals surface area contributed by atoms with Crippen molar-refractivity contribution in [2.24, 2.45) is 5.73 Å². The minimum Gasteiger partial charge on any atom is -0.388 e. The largest absolute Gasteiger partial charge is 0.388 e. The van der Waals surface area contributed by atoms with Gasteiger partial charge < -0.3 is 11.1 Å². The molecule has 1 aromatic carbocycles. The lowest BCUT2D eigenvalue weighted by molar-refractivity contribution is 1.09. The number of nitrogens with one attached hydrogen (secondary N) is 1. The molecule has 0 atom stereocenters. The van der Waals surface area contributed by atoms with Crippen LogP contribution in [0.15, 0.2) is 35.2 Å². The first-order valence-corrected chi connectivity index (χ1v) is 7.29. The maximum atomic E-state index is 5.61. The third-order valence-electron chi connectivity index (χ3n) is 2.46. The number of nitrogens with zero attached hydrogens (tertiary/aromatic N) is 2. The summed E-state index contributed by atoms with van der Waals surface area (Å²) < 4.78 is 0. The van der Waals surface area contributed by atoms with Gasteiger partial charge in [0.15, 0.2) is 0 Å². The zero-order chi connectivity index (χ0) is 13.8. The Morgan fingerprint density at radius 3 is 2.74 bits per heavy atom. The molecule has 1 heterocycles. The standard InChI is InChI=1S/C13H14N4S2/c1-8-7-10(12(14)18)17-13(15-8)16-9-5-3-4-6-11(9)19-2/h3-7H,1-2H3,(H2,14,18)(H,15,16,17). The molecule has 0 aliphatic rings. The summed E-state index contributed by atoms with van der Waals surface area (Å²) in [6.45, 7) is 1.88. The number of aryl methyl sites for hydroxylation is 1. The van der Waals surface area contributed by atoms with E-state index in [1.54, 1.807) is 17.8 Å². The second-order valence-corrected chi connectivity index (χ2v) is 5.20. The molecule has 1 aromatic heterocycles. The smallest absolute Gasteiger partial charge is 0.228 e. The molecule has 19 heavy (non-hydrogen) atoms. The predicted molar refractivity (Wildman–Crippen MR) is 84.2 cm³/mol. The van der Waals surface area contributed by atoms with E-state index in [1.165, 1.54) is 0 Å². The first kappa shape index (κ1) is 13.8. The van der Waals surface area contributed by atoms with Crippen molar-refractivity contribution in [1.82, 2.24) is 9.97 Å². The van der Waals surface area contributed by atoms with E-state index in [9.17, 15) is 0 Å². The molecule has 0 saturated heterocycles. The van der Waals surface area contributed by atoms with Crippen LogP contribution in [0.1, 0.15) is 11.4 Å². The monoisotopic (exact) mass is 290 g/mol. The highest BCUT2D eigenvalue weighted by atomic mass is 32.2. The lowest BCUT2D eigenvalue weighted by Gasteiger charge is -2.10. The zero-order valence-corrected chi connectivity index (χ0v) is 12.3. The van der Waals surface area contributed by atoms with Gasteiger partial charge in [-0.1, -0.05) is 24.4 Å². The van der Waals surface area contributed by atoms with Crippen LogP contribution >= 0.6 is 24.0 Å². The van der Waals surface area contributed by atoms with Crippen LogP contribution in [0.2, 0.25) is 0 Å². The van der Waals surface area contributed by atoms with Crippen molar-refractivity contribution < 1.29 is 0 Å². The Kier molecular flexibility index (Phi) is 4.34. The third-order valence-corrected chi connectivity index (χ3v) is 3.47. The Balaban J connectivity index is 2.35. The normalized spacial score (nSPS) is 10.2. The molecule has 0 bridgehead atoms. The molecule has 0 unspecified atom stereocenters. The van der Waals surface area contributed by atoms with Crippen LogP contribution in [0.25, 0.3) is 0 Å². The number of hydrogen-bond donors (Lipinski definition) is 2. The number of rotatable bonds is 4. The molecule has 6 heteroatoms. The highest BCUT2D eigenvalue weighted by molar-refractivity contribution is 7.98.